The second kappa shape index (κ2) is 7.82. The highest BCUT2D eigenvalue weighted by Gasteiger charge is 2.17. The van der Waals surface area contributed by atoms with Crippen LogP contribution in [0.2, 0.25) is 0 Å². The zero-order chi connectivity index (χ0) is 15.9. The number of unbranched alkanes of at least 4 members (excludes halogenated alkanes) is 1. The molecule has 23 heavy (non-hydrogen) atoms. The molecular formula is C20H24NO2+. The molecule has 2 heterocycles. The predicted octanol–water partition coefficient (Wildman–Crippen LogP) is 3.64. The molecule has 0 amide bonds. The van der Waals surface area contributed by atoms with E-state index in [2.05, 4.69) is 29.1 Å². The maximum absolute atomic E-state index is 5.84. The van der Waals surface area contributed by atoms with E-state index in [1.165, 1.54) is 12.0 Å². The predicted molar refractivity (Wildman–Crippen MR) is 90.4 cm³/mol. The largest absolute Gasteiger partial charge is 0.491 e. The van der Waals surface area contributed by atoms with E-state index >= 15 is 0 Å². The molecule has 0 spiro atoms. The number of rotatable bonds is 6. The fraction of sp³-hybridized carbons (Fsp3) is 0.350. The van der Waals surface area contributed by atoms with Gasteiger partial charge in [-0.05, 0) is 31.2 Å². The molecule has 1 aliphatic rings. The van der Waals surface area contributed by atoms with Crippen molar-refractivity contribution in [3.05, 3.63) is 72.2 Å². The molecule has 1 aromatic heterocycles. The molecule has 0 bridgehead atoms. The lowest BCUT2D eigenvalue weighted by atomic mass is 10.1. The van der Waals surface area contributed by atoms with E-state index in [-0.39, 0.29) is 6.10 Å². The van der Waals surface area contributed by atoms with E-state index in [4.69, 9.17) is 9.47 Å². The summed E-state index contributed by atoms with van der Waals surface area (Å²) >= 11 is 0. The standard InChI is InChI=1S/C20H24NO2/c1-21-13-11-17(12-14-21)7-5-6-10-19-15-23-20(16-22-19)18-8-3-2-4-9-18/h2-4,8-9,11-14,16,19H,5-7,10,15H2,1H3/q+1. The van der Waals surface area contributed by atoms with E-state index in [0.717, 1.165) is 30.6 Å². The van der Waals surface area contributed by atoms with Crippen molar-refractivity contribution in [2.45, 2.75) is 31.8 Å². The summed E-state index contributed by atoms with van der Waals surface area (Å²) < 4.78 is 13.7. The molecule has 0 N–H and O–H groups in total. The average Bonchev–Trinajstić information content (AvgIpc) is 2.62. The van der Waals surface area contributed by atoms with Crippen LogP contribution in [0.15, 0.2) is 61.1 Å². The summed E-state index contributed by atoms with van der Waals surface area (Å²) in [5.41, 5.74) is 2.47. The first-order valence-corrected chi connectivity index (χ1v) is 8.29. The molecule has 0 radical (unpaired) electrons. The van der Waals surface area contributed by atoms with Crippen molar-refractivity contribution in [1.82, 2.24) is 0 Å². The van der Waals surface area contributed by atoms with Crippen LogP contribution in [0.1, 0.15) is 30.4 Å². The molecule has 0 saturated carbocycles. The smallest absolute Gasteiger partial charge is 0.168 e. The first-order chi connectivity index (χ1) is 11.3. The van der Waals surface area contributed by atoms with E-state index in [1.54, 1.807) is 6.26 Å². The van der Waals surface area contributed by atoms with Crippen LogP contribution in [0, 0.1) is 0 Å². The highest BCUT2D eigenvalue weighted by Crippen LogP contribution is 2.22. The Bertz CT molecular complexity index is 634. The van der Waals surface area contributed by atoms with Crippen LogP contribution in [0.3, 0.4) is 0 Å². The Morgan fingerprint density at radius 3 is 2.52 bits per heavy atom. The van der Waals surface area contributed by atoms with Gasteiger partial charge in [0.05, 0.1) is 0 Å². The molecule has 3 heteroatoms. The Labute approximate surface area is 138 Å². The van der Waals surface area contributed by atoms with Crippen LogP contribution >= 0.6 is 0 Å². The molecule has 0 aliphatic carbocycles. The van der Waals surface area contributed by atoms with Crippen LogP contribution < -0.4 is 4.57 Å². The Morgan fingerprint density at radius 1 is 1.04 bits per heavy atom. The number of ether oxygens (including phenoxy) is 2. The van der Waals surface area contributed by atoms with Gasteiger partial charge >= 0.3 is 0 Å². The molecule has 0 saturated heterocycles. The number of hydrogen-bond acceptors (Lipinski definition) is 2. The van der Waals surface area contributed by atoms with Crippen molar-refractivity contribution < 1.29 is 14.0 Å². The molecule has 120 valence electrons. The van der Waals surface area contributed by atoms with Gasteiger partial charge in [0.15, 0.2) is 18.2 Å². The summed E-state index contributed by atoms with van der Waals surface area (Å²) in [6.45, 7) is 0.641. The van der Waals surface area contributed by atoms with Crippen LogP contribution in [0.4, 0.5) is 0 Å². The van der Waals surface area contributed by atoms with Crippen molar-refractivity contribution >= 4 is 5.76 Å². The van der Waals surface area contributed by atoms with Gasteiger partial charge in [-0.2, -0.15) is 0 Å². The highest BCUT2D eigenvalue weighted by atomic mass is 16.6. The van der Waals surface area contributed by atoms with E-state index in [1.807, 2.05) is 37.4 Å². The topological polar surface area (TPSA) is 22.3 Å². The van der Waals surface area contributed by atoms with E-state index in [0.29, 0.717) is 6.61 Å². The van der Waals surface area contributed by atoms with E-state index < -0.39 is 0 Å². The monoisotopic (exact) mass is 310 g/mol. The van der Waals surface area contributed by atoms with Crippen molar-refractivity contribution in [1.29, 1.82) is 0 Å². The van der Waals surface area contributed by atoms with Gasteiger partial charge in [0.2, 0.25) is 0 Å². The third kappa shape index (κ3) is 4.59. The molecule has 3 rings (SSSR count). The summed E-state index contributed by atoms with van der Waals surface area (Å²) in [5, 5.41) is 0. The third-order valence-electron chi connectivity index (χ3n) is 4.14. The van der Waals surface area contributed by atoms with Gasteiger partial charge in [-0.3, -0.25) is 0 Å². The van der Waals surface area contributed by atoms with Gasteiger partial charge in [0, 0.05) is 17.7 Å². The van der Waals surface area contributed by atoms with E-state index in [9.17, 15) is 0 Å². The van der Waals surface area contributed by atoms with Gasteiger partial charge in [-0.15, -0.1) is 0 Å². The number of aromatic nitrogens is 1. The Morgan fingerprint density at radius 2 is 1.83 bits per heavy atom. The molecule has 1 aliphatic heterocycles. The summed E-state index contributed by atoms with van der Waals surface area (Å²) in [6.07, 6.45) is 10.6. The summed E-state index contributed by atoms with van der Waals surface area (Å²) in [4.78, 5) is 0. The fourth-order valence-electron chi connectivity index (χ4n) is 2.72. The first kappa shape index (κ1) is 15.6. The van der Waals surface area contributed by atoms with Crippen molar-refractivity contribution in [3.8, 4) is 0 Å². The summed E-state index contributed by atoms with van der Waals surface area (Å²) in [7, 11) is 2.04. The van der Waals surface area contributed by atoms with Gasteiger partial charge in [0.25, 0.3) is 0 Å². The highest BCUT2D eigenvalue weighted by molar-refractivity contribution is 5.58. The lowest BCUT2D eigenvalue weighted by molar-refractivity contribution is -0.671. The zero-order valence-electron chi connectivity index (χ0n) is 13.7. The molecule has 1 aromatic carbocycles. The van der Waals surface area contributed by atoms with Crippen molar-refractivity contribution in [2.24, 2.45) is 7.05 Å². The Kier molecular flexibility index (Phi) is 5.30. The fourth-order valence-corrected chi connectivity index (χ4v) is 2.72. The lowest BCUT2D eigenvalue weighted by Crippen LogP contribution is -2.25. The van der Waals surface area contributed by atoms with Gasteiger partial charge < -0.3 is 9.47 Å². The molecule has 0 fully saturated rings. The number of benzene rings is 1. The average molecular weight is 310 g/mol. The summed E-state index contributed by atoms with van der Waals surface area (Å²) in [6, 6.07) is 14.5. The molecule has 1 unspecified atom stereocenters. The normalized spacial score (nSPS) is 17.1. The Balaban J connectivity index is 1.39. The molecule has 2 aromatic rings. The van der Waals surface area contributed by atoms with Crippen molar-refractivity contribution in [2.75, 3.05) is 6.61 Å². The van der Waals surface area contributed by atoms with Gasteiger partial charge in [0.1, 0.15) is 26.0 Å². The molecule has 1 atom stereocenters. The quantitative estimate of drug-likeness (QED) is 0.600. The second-order valence-corrected chi connectivity index (χ2v) is 6.03. The van der Waals surface area contributed by atoms with Crippen LogP contribution in [0.5, 0.6) is 0 Å². The molecular weight excluding hydrogens is 286 g/mol. The van der Waals surface area contributed by atoms with Gasteiger partial charge in [-0.1, -0.05) is 30.3 Å². The van der Waals surface area contributed by atoms with Gasteiger partial charge in [-0.25, -0.2) is 4.57 Å². The van der Waals surface area contributed by atoms with Crippen LogP contribution in [-0.4, -0.2) is 12.7 Å². The number of hydrogen-bond donors (Lipinski definition) is 0. The minimum Gasteiger partial charge on any atom is -0.491 e. The van der Waals surface area contributed by atoms with Crippen LogP contribution in [-0.2, 0) is 22.9 Å². The maximum Gasteiger partial charge on any atom is 0.168 e. The lowest BCUT2D eigenvalue weighted by Gasteiger charge is -2.24. The minimum atomic E-state index is 0.177. The SMILES string of the molecule is C[n+]1ccc(CCCCC2COC(c3ccccc3)=CO2)cc1. The number of aryl methyl sites for hydroxylation is 2. The second-order valence-electron chi connectivity index (χ2n) is 6.03. The van der Waals surface area contributed by atoms with Crippen molar-refractivity contribution in [3.63, 3.8) is 0 Å². The minimum absolute atomic E-state index is 0.177. The third-order valence-corrected chi connectivity index (χ3v) is 4.14. The summed E-state index contributed by atoms with van der Waals surface area (Å²) in [5.74, 6) is 0.832. The first-order valence-electron chi connectivity index (χ1n) is 8.29. The maximum atomic E-state index is 5.84. The number of pyridine rings is 1. The Hall–Kier alpha value is -2.29. The molecule has 3 nitrogen and oxygen atoms in total. The zero-order valence-corrected chi connectivity index (χ0v) is 13.7. The van der Waals surface area contributed by atoms with Crippen LogP contribution in [0.25, 0.3) is 5.76 Å². The number of nitrogens with zero attached hydrogens (tertiary/aromatic N) is 1.